The predicted molar refractivity (Wildman–Crippen MR) is 126 cm³/mol. The maximum absolute atomic E-state index is 13.9. The zero-order valence-corrected chi connectivity index (χ0v) is 19.6. The van der Waals surface area contributed by atoms with E-state index in [9.17, 15) is 9.18 Å². The summed E-state index contributed by atoms with van der Waals surface area (Å²) >= 11 is 6.00. The van der Waals surface area contributed by atoms with Gasteiger partial charge in [-0.05, 0) is 55.8 Å². The molecule has 33 heavy (non-hydrogen) atoms. The SMILES string of the molecule is Cc1nn(-c2ccc(Cl)cc2)c(C)c1CC(=O)NCC(c1cccc(F)c1)N1CCOCC1. The first-order valence-corrected chi connectivity index (χ1v) is 11.4. The molecule has 1 fully saturated rings. The van der Waals surface area contributed by atoms with Gasteiger partial charge in [-0.1, -0.05) is 23.7 Å². The van der Waals surface area contributed by atoms with Gasteiger partial charge < -0.3 is 10.1 Å². The Bertz CT molecular complexity index is 1110. The van der Waals surface area contributed by atoms with Crippen LogP contribution in [0, 0.1) is 19.7 Å². The molecule has 2 aromatic carbocycles. The van der Waals surface area contributed by atoms with Gasteiger partial charge in [-0.25, -0.2) is 9.07 Å². The number of carbonyl (C=O) groups is 1. The van der Waals surface area contributed by atoms with Gasteiger partial charge in [0.2, 0.25) is 5.91 Å². The van der Waals surface area contributed by atoms with Crippen molar-refractivity contribution in [1.82, 2.24) is 20.0 Å². The van der Waals surface area contributed by atoms with Crippen LogP contribution in [0.3, 0.4) is 0 Å². The van der Waals surface area contributed by atoms with Crippen LogP contribution in [0.5, 0.6) is 0 Å². The third-order valence-electron chi connectivity index (χ3n) is 6.06. The van der Waals surface area contributed by atoms with Crippen LogP contribution in [0.4, 0.5) is 4.39 Å². The summed E-state index contributed by atoms with van der Waals surface area (Å²) in [5, 5.41) is 8.34. The molecule has 0 radical (unpaired) electrons. The second-order valence-electron chi connectivity index (χ2n) is 8.24. The largest absolute Gasteiger partial charge is 0.379 e. The van der Waals surface area contributed by atoms with E-state index in [4.69, 9.17) is 16.3 Å². The van der Waals surface area contributed by atoms with Gasteiger partial charge in [-0.15, -0.1) is 0 Å². The van der Waals surface area contributed by atoms with Crippen molar-refractivity contribution in [3.05, 3.63) is 81.9 Å². The van der Waals surface area contributed by atoms with Crippen LogP contribution >= 0.6 is 11.6 Å². The van der Waals surface area contributed by atoms with E-state index in [2.05, 4.69) is 15.3 Å². The van der Waals surface area contributed by atoms with Crippen molar-refractivity contribution < 1.29 is 13.9 Å². The Morgan fingerprint density at radius 3 is 2.61 bits per heavy atom. The van der Waals surface area contributed by atoms with Crippen LogP contribution in [0.2, 0.25) is 5.02 Å². The summed E-state index contributed by atoms with van der Waals surface area (Å²) < 4.78 is 21.2. The predicted octanol–water partition coefficient (Wildman–Crippen LogP) is 4.01. The van der Waals surface area contributed by atoms with Crippen LogP contribution < -0.4 is 5.32 Å². The molecule has 8 heteroatoms. The van der Waals surface area contributed by atoms with Crippen molar-refractivity contribution in [2.45, 2.75) is 26.3 Å². The minimum absolute atomic E-state index is 0.0912. The number of hydrogen-bond donors (Lipinski definition) is 1. The Balaban J connectivity index is 1.46. The van der Waals surface area contributed by atoms with Crippen LogP contribution in [0.15, 0.2) is 48.5 Å². The van der Waals surface area contributed by atoms with Gasteiger partial charge in [-0.2, -0.15) is 5.10 Å². The number of halogens is 2. The van der Waals surface area contributed by atoms with Crippen molar-refractivity contribution >= 4 is 17.5 Å². The van der Waals surface area contributed by atoms with Gasteiger partial charge in [0.05, 0.1) is 37.1 Å². The van der Waals surface area contributed by atoms with Gasteiger partial charge in [0, 0.05) is 35.9 Å². The minimum atomic E-state index is -0.280. The zero-order chi connectivity index (χ0) is 23.4. The van der Waals surface area contributed by atoms with E-state index in [-0.39, 0.29) is 24.2 Å². The summed E-state index contributed by atoms with van der Waals surface area (Å²) in [4.78, 5) is 15.1. The second kappa shape index (κ2) is 10.5. The van der Waals surface area contributed by atoms with Crippen molar-refractivity contribution in [3.63, 3.8) is 0 Å². The van der Waals surface area contributed by atoms with Gasteiger partial charge >= 0.3 is 0 Å². The molecule has 1 aliphatic rings. The summed E-state index contributed by atoms with van der Waals surface area (Å²) in [7, 11) is 0. The molecule has 2 heterocycles. The summed E-state index contributed by atoms with van der Waals surface area (Å²) in [6.07, 6.45) is 0.226. The molecule has 1 aliphatic heterocycles. The van der Waals surface area contributed by atoms with Gasteiger partial charge in [-0.3, -0.25) is 9.69 Å². The van der Waals surface area contributed by atoms with Crippen molar-refractivity contribution in [1.29, 1.82) is 0 Å². The molecule has 1 aromatic heterocycles. The van der Waals surface area contributed by atoms with E-state index < -0.39 is 0 Å². The molecule has 1 unspecified atom stereocenters. The number of nitrogens with zero attached hydrogens (tertiary/aromatic N) is 3. The third kappa shape index (κ3) is 5.61. The molecule has 0 saturated carbocycles. The quantitative estimate of drug-likeness (QED) is 0.566. The van der Waals surface area contributed by atoms with E-state index in [1.807, 2.05) is 48.9 Å². The summed E-state index contributed by atoms with van der Waals surface area (Å²) in [5.41, 5.74) is 4.37. The van der Waals surface area contributed by atoms with E-state index in [0.717, 1.165) is 41.3 Å². The average molecular weight is 471 g/mol. The monoisotopic (exact) mass is 470 g/mol. The summed E-state index contributed by atoms with van der Waals surface area (Å²) in [6.45, 7) is 6.99. The Morgan fingerprint density at radius 2 is 1.91 bits per heavy atom. The van der Waals surface area contributed by atoms with E-state index in [1.54, 1.807) is 6.07 Å². The molecule has 4 rings (SSSR count). The first-order valence-electron chi connectivity index (χ1n) is 11.1. The number of hydrogen-bond acceptors (Lipinski definition) is 4. The Morgan fingerprint density at radius 1 is 1.18 bits per heavy atom. The molecule has 1 saturated heterocycles. The fourth-order valence-electron chi connectivity index (χ4n) is 4.26. The molecular formula is C25H28ClFN4O2. The number of carbonyl (C=O) groups excluding carboxylic acids is 1. The highest BCUT2D eigenvalue weighted by atomic mass is 35.5. The molecule has 6 nitrogen and oxygen atoms in total. The van der Waals surface area contributed by atoms with Gasteiger partial charge in [0.15, 0.2) is 0 Å². The van der Waals surface area contributed by atoms with Crippen molar-refractivity contribution in [3.8, 4) is 5.69 Å². The lowest BCUT2D eigenvalue weighted by atomic mass is 10.0. The lowest BCUT2D eigenvalue weighted by Crippen LogP contribution is -2.44. The van der Waals surface area contributed by atoms with Crippen LogP contribution in [-0.2, 0) is 16.0 Å². The first-order chi connectivity index (χ1) is 15.9. The smallest absolute Gasteiger partial charge is 0.224 e. The zero-order valence-electron chi connectivity index (χ0n) is 18.9. The number of benzene rings is 2. The maximum Gasteiger partial charge on any atom is 0.224 e. The highest BCUT2D eigenvalue weighted by molar-refractivity contribution is 6.30. The number of aromatic nitrogens is 2. The molecule has 174 valence electrons. The van der Waals surface area contributed by atoms with Crippen molar-refractivity contribution in [2.75, 3.05) is 32.8 Å². The maximum atomic E-state index is 13.9. The normalized spacial score (nSPS) is 15.4. The Labute approximate surface area is 198 Å². The average Bonchev–Trinajstić information content (AvgIpc) is 3.09. The third-order valence-corrected chi connectivity index (χ3v) is 6.31. The second-order valence-corrected chi connectivity index (χ2v) is 8.67. The Kier molecular flexibility index (Phi) is 7.42. The highest BCUT2D eigenvalue weighted by Gasteiger charge is 2.24. The molecule has 3 aromatic rings. The minimum Gasteiger partial charge on any atom is -0.379 e. The van der Waals surface area contributed by atoms with Crippen LogP contribution in [0.1, 0.15) is 28.6 Å². The fraction of sp³-hybridized carbons (Fsp3) is 0.360. The number of morpholine rings is 1. The van der Waals surface area contributed by atoms with Gasteiger partial charge in [0.1, 0.15) is 5.82 Å². The topological polar surface area (TPSA) is 59.4 Å². The first kappa shape index (κ1) is 23.4. The molecule has 0 spiro atoms. The van der Waals surface area contributed by atoms with E-state index >= 15 is 0 Å². The van der Waals surface area contributed by atoms with E-state index in [1.165, 1.54) is 12.1 Å². The molecule has 0 bridgehead atoms. The number of rotatable bonds is 7. The number of ether oxygens (including phenoxy) is 1. The fourth-order valence-corrected chi connectivity index (χ4v) is 4.38. The lowest BCUT2D eigenvalue weighted by Gasteiger charge is -2.35. The van der Waals surface area contributed by atoms with Crippen molar-refractivity contribution in [2.24, 2.45) is 0 Å². The lowest BCUT2D eigenvalue weighted by molar-refractivity contribution is -0.120. The highest BCUT2D eigenvalue weighted by Crippen LogP contribution is 2.23. The Hall–Kier alpha value is -2.74. The standard InChI is InChI=1S/C25H28ClFN4O2/c1-17-23(18(2)31(29-17)22-8-6-20(26)7-9-22)15-25(32)28-16-24(30-10-12-33-13-11-30)19-4-3-5-21(27)14-19/h3-9,14,24H,10-13,15-16H2,1-2H3,(H,28,32). The molecule has 0 aliphatic carbocycles. The van der Waals surface area contributed by atoms with Crippen LogP contribution in [0.25, 0.3) is 5.69 Å². The number of nitrogens with one attached hydrogen (secondary N) is 1. The molecule has 1 amide bonds. The molecule has 1 atom stereocenters. The molecule has 1 N–H and O–H groups in total. The number of aryl methyl sites for hydroxylation is 1. The number of amides is 1. The van der Waals surface area contributed by atoms with Gasteiger partial charge in [0.25, 0.3) is 0 Å². The van der Waals surface area contributed by atoms with E-state index in [0.29, 0.717) is 24.8 Å². The molecular weight excluding hydrogens is 443 g/mol. The van der Waals surface area contributed by atoms with Crippen LogP contribution in [-0.4, -0.2) is 53.4 Å². The summed E-state index contributed by atoms with van der Waals surface area (Å²) in [5.74, 6) is -0.371. The summed E-state index contributed by atoms with van der Waals surface area (Å²) in [6, 6.07) is 13.9.